The number of rotatable bonds is 13. The lowest BCUT2D eigenvalue weighted by Crippen LogP contribution is -2.41. The summed E-state index contributed by atoms with van der Waals surface area (Å²) in [5.41, 5.74) is 0.883. The third-order valence-corrected chi connectivity index (χ3v) is 7.13. The summed E-state index contributed by atoms with van der Waals surface area (Å²) in [7, 11) is 4.31. The number of nitrogens with zero attached hydrogens (tertiary/aromatic N) is 2. The Bertz CT molecular complexity index is 1230. The van der Waals surface area contributed by atoms with E-state index in [4.69, 9.17) is 29.6 Å². The molecule has 0 bridgehead atoms. The number of aromatic nitrogens is 1. The minimum Gasteiger partial charge on any atom is -0.479 e. The number of carboxylic acid groups (broad SMARTS) is 2. The van der Waals surface area contributed by atoms with Crippen LogP contribution in [-0.2, 0) is 33.1 Å². The Kier molecular flexibility index (Phi) is 11.2. The zero-order chi connectivity index (χ0) is 30.0. The first kappa shape index (κ1) is 31.9. The van der Waals surface area contributed by atoms with Crippen LogP contribution in [0.25, 0.3) is 0 Å². The van der Waals surface area contributed by atoms with Gasteiger partial charge in [-0.15, -0.1) is 0 Å². The molecule has 0 aliphatic heterocycles. The van der Waals surface area contributed by atoms with Crippen LogP contribution in [0.5, 0.6) is 0 Å². The highest BCUT2D eigenvalue weighted by Crippen LogP contribution is 2.46. The molecule has 1 fully saturated rings. The van der Waals surface area contributed by atoms with Crippen molar-refractivity contribution in [3.63, 3.8) is 0 Å². The predicted octanol–water partition coefficient (Wildman–Crippen LogP) is 2.38. The van der Waals surface area contributed by atoms with Gasteiger partial charge in [0.05, 0.1) is 33.5 Å². The van der Waals surface area contributed by atoms with Gasteiger partial charge in [-0.1, -0.05) is 67.1 Å². The SMILES string of the molecule is C[N+](C)(CCOCc1ccccc1)Cc1cnc(C(O)(c2ccccc2)C2CCC2)o1.O=C(O)C(O)C(O)C(=O)O. The summed E-state index contributed by atoms with van der Waals surface area (Å²) in [4.78, 5) is 24.1. The summed E-state index contributed by atoms with van der Waals surface area (Å²) >= 11 is 0. The number of ether oxygens (including phenoxy) is 1. The number of quaternary nitrogens is 1. The van der Waals surface area contributed by atoms with Crippen LogP contribution < -0.4 is 0 Å². The zero-order valence-electron chi connectivity index (χ0n) is 23.3. The molecule has 0 spiro atoms. The molecule has 1 aliphatic rings. The van der Waals surface area contributed by atoms with E-state index in [1.54, 1.807) is 6.20 Å². The minimum absolute atomic E-state index is 0.148. The van der Waals surface area contributed by atoms with Gasteiger partial charge < -0.3 is 39.2 Å². The first-order chi connectivity index (χ1) is 19.4. The van der Waals surface area contributed by atoms with Gasteiger partial charge in [0.25, 0.3) is 0 Å². The quantitative estimate of drug-likeness (QED) is 0.152. The van der Waals surface area contributed by atoms with E-state index in [1.807, 2.05) is 48.5 Å². The van der Waals surface area contributed by atoms with Crippen molar-refractivity contribution in [3.05, 3.63) is 89.6 Å². The van der Waals surface area contributed by atoms with Crippen LogP contribution in [0.15, 0.2) is 71.3 Å². The van der Waals surface area contributed by atoms with E-state index in [9.17, 15) is 14.7 Å². The summed E-state index contributed by atoms with van der Waals surface area (Å²) in [6, 6.07) is 20.0. The monoisotopic (exact) mass is 571 g/mol. The molecule has 0 radical (unpaired) electrons. The molecule has 0 amide bonds. The lowest BCUT2D eigenvalue weighted by molar-refractivity contribution is -0.905. The zero-order valence-corrected chi connectivity index (χ0v) is 23.3. The minimum atomic E-state index is -2.27. The lowest BCUT2D eigenvalue weighted by atomic mass is 9.69. The molecule has 1 heterocycles. The molecule has 11 nitrogen and oxygen atoms in total. The maximum Gasteiger partial charge on any atom is 0.335 e. The van der Waals surface area contributed by atoms with Gasteiger partial charge in [-0.3, -0.25) is 0 Å². The molecule has 1 aliphatic carbocycles. The molecule has 0 saturated heterocycles. The first-order valence-electron chi connectivity index (χ1n) is 13.4. The fourth-order valence-electron chi connectivity index (χ4n) is 4.46. The molecule has 5 N–H and O–H groups in total. The molecule has 1 aromatic heterocycles. The summed E-state index contributed by atoms with van der Waals surface area (Å²) < 4.78 is 12.7. The van der Waals surface area contributed by atoms with Gasteiger partial charge in [0, 0.05) is 5.92 Å². The molecular weight excluding hydrogens is 532 g/mol. The fraction of sp³-hybridized carbons (Fsp3) is 0.433. The molecule has 1 saturated carbocycles. The number of hydrogen-bond donors (Lipinski definition) is 5. The normalized spacial score (nSPS) is 16.4. The Morgan fingerprint density at radius 1 is 1.00 bits per heavy atom. The number of benzene rings is 2. The second kappa shape index (κ2) is 14.3. The topological polar surface area (TPSA) is 171 Å². The van der Waals surface area contributed by atoms with Gasteiger partial charge >= 0.3 is 11.9 Å². The maximum atomic E-state index is 11.7. The van der Waals surface area contributed by atoms with Crippen molar-refractivity contribution in [2.45, 2.75) is 50.2 Å². The third-order valence-electron chi connectivity index (χ3n) is 7.13. The molecule has 41 heavy (non-hydrogen) atoms. The van der Waals surface area contributed by atoms with E-state index < -0.39 is 29.7 Å². The summed E-state index contributed by atoms with van der Waals surface area (Å²) in [5, 5.41) is 44.2. The lowest BCUT2D eigenvalue weighted by Gasteiger charge is -2.39. The molecule has 2 aromatic carbocycles. The fourth-order valence-corrected chi connectivity index (χ4v) is 4.46. The van der Waals surface area contributed by atoms with Crippen LogP contribution in [0.3, 0.4) is 0 Å². The second-order valence-corrected chi connectivity index (χ2v) is 10.8. The first-order valence-corrected chi connectivity index (χ1v) is 13.4. The number of aliphatic carboxylic acids is 2. The van der Waals surface area contributed by atoms with Crippen LogP contribution in [0, 0.1) is 5.92 Å². The number of carbonyl (C=O) groups is 2. The van der Waals surface area contributed by atoms with E-state index in [0.29, 0.717) is 25.6 Å². The van der Waals surface area contributed by atoms with Crippen molar-refractivity contribution in [2.24, 2.45) is 5.92 Å². The van der Waals surface area contributed by atoms with E-state index in [1.165, 1.54) is 5.56 Å². The molecule has 3 atom stereocenters. The van der Waals surface area contributed by atoms with Gasteiger partial charge in [0.2, 0.25) is 5.89 Å². The molecule has 4 rings (SSSR count). The van der Waals surface area contributed by atoms with E-state index in [-0.39, 0.29) is 5.92 Å². The highest BCUT2D eigenvalue weighted by Gasteiger charge is 2.47. The van der Waals surface area contributed by atoms with Crippen molar-refractivity contribution < 1.29 is 48.8 Å². The molecule has 3 unspecified atom stereocenters. The highest BCUT2D eigenvalue weighted by atomic mass is 16.5. The summed E-state index contributed by atoms with van der Waals surface area (Å²) in [6.07, 6.45) is 0.356. The van der Waals surface area contributed by atoms with Crippen LogP contribution in [0.4, 0.5) is 0 Å². The number of carboxylic acids is 2. The van der Waals surface area contributed by atoms with Crippen LogP contribution in [0.1, 0.15) is 42.0 Å². The summed E-state index contributed by atoms with van der Waals surface area (Å²) in [6.45, 7) is 2.84. The number of likely N-dealkylation sites (N-methyl/N-ethyl adjacent to an activating group) is 1. The smallest absolute Gasteiger partial charge is 0.335 e. The maximum absolute atomic E-state index is 11.7. The second-order valence-electron chi connectivity index (χ2n) is 10.8. The van der Waals surface area contributed by atoms with E-state index in [0.717, 1.165) is 41.6 Å². The molecule has 11 heteroatoms. The average molecular weight is 572 g/mol. The number of aliphatic hydroxyl groups is 3. The Balaban J connectivity index is 0.000000397. The van der Waals surface area contributed by atoms with Crippen LogP contribution in [0.2, 0.25) is 0 Å². The summed E-state index contributed by atoms with van der Waals surface area (Å²) in [5.74, 6) is -2.18. The van der Waals surface area contributed by atoms with E-state index >= 15 is 0 Å². The Hall–Kier alpha value is -3.61. The molecule has 222 valence electrons. The number of oxazole rings is 1. The van der Waals surface area contributed by atoms with Gasteiger partial charge in [-0.05, 0) is 24.0 Å². The van der Waals surface area contributed by atoms with E-state index in [2.05, 4.69) is 31.2 Å². The van der Waals surface area contributed by atoms with Crippen molar-refractivity contribution in [1.82, 2.24) is 4.98 Å². The Morgan fingerprint density at radius 3 is 2.07 bits per heavy atom. The Morgan fingerprint density at radius 2 is 1.56 bits per heavy atom. The average Bonchev–Trinajstić information content (AvgIpc) is 3.39. The van der Waals surface area contributed by atoms with Gasteiger partial charge in [0.1, 0.15) is 13.1 Å². The van der Waals surface area contributed by atoms with Crippen molar-refractivity contribution in [1.29, 1.82) is 0 Å². The van der Waals surface area contributed by atoms with Gasteiger partial charge in [-0.2, -0.15) is 0 Å². The van der Waals surface area contributed by atoms with Crippen LogP contribution >= 0.6 is 0 Å². The number of aliphatic hydroxyl groups excluding tert-OH is 2. The van der Waals surface area contributed by atoms with Gasteiger partial charge in [0.15, 0.2) is 23.6 Å². The van der Waals surface area contributed by atoms with Crippen LogP contribution in [-0.4, -0.2) is 86.4 Å². The third kappa shape index (κ3) is 8.69. The molecular formula is C30H39N2O9+. The largest absolute Gasteiger partial charge is 0.479 e. The van der Waals surface area contributed by atoms with Crippen molar-refractivity contribution in [2.75, 3.05) is 27.2 Å². The van der Waals surface area contributed by atoms with Crippen molar-refractivity contribution >= 4 is 11.9 Å². The van der Waals surface area contributed by atoms with Gasteiger partial charge in [-0.25, -0.2) is 14.6 Å². The predicted molar refractivity (Wildman–Crippen MR) is 147 cm³/mol. The highest BCUT2D eigenvalue weighted by molar-refractivity contribution is 5.83. The van der Waals surface area contributed by atoms with Crippen molar-refractivity contribution in [3.8, 4) is 0 Å². The number of hydrogen-bond acceptors (Lipinski definition) is 8. The molecule has 3 aromatic rings. The Labute approximate surface area is 238 Å². The standard InChI is InChI=1S/C26H33N2O3.C4H6O6/c1-28(2,16-17-30-20-21-10-5-3-6-11-21)19-24-18-27-25(31-24)26(29,23-14-9-15-23)22-12-7-4-8-13-22;5-1(3(7)8)2(6)4(9)10/h3-8,10-13,18,23,29H,9,14-17,19-20H2,1-2H3;1-2,5-6H,(H,7,8)(H,9,10)/q+1;.